The number of morpholine rings is 1. The van der Waals surface area contributed by atoms with Crippen LogP contribution in [0.3, 0.4) is 0 Å². The average molecular weight is 651 g/mol. The van der Waals surface area contributed by atoms with Gasteiger partial charge in [0.1, 0.15) is 11.5 Å². The smallest absolute Gasteiger partial charge is 0.262 e. The Hall–Kier alpha value is -5.20. The Morgan fingerprint density at radius 3 is 2.38 bits per heavy atom. The first-order valence-corrected chi connectivity index (χ1v) is 16.1. The molecule has 0 saturated carbocycles. The number of anilines is 1. The van der Waals surface area contributed by atoms with Crippen molar-refractivity contribution < 1.29 is 23.8 Å². The second-order valence-corrected chi connectivity index (χ2v) is 11.7. The number of ether oxygens (including phenoxy) is 3. The molecule has 6 rings (SSSR count). The van der Waals surface area contributed by atoms with Crippen LogP contribution in [-0.2, 0) is 21.8 Å². The number of amides is 2. The van der Waals surface area contributed by atoms with Crippen LogP contribution < -0.4 is 14.8 Å². The minimum atomic E-state index is -0.368. The Labute approximate surface area is 276 Å². The lowest BCUT2D eigenvalue weighted by atomic mass is 10.2. The molecule has 240 valence electrons. The number of hydrogen-bond acceptors (Lipinski definition) is 9. The van der Waals surface area contributed by atoms with Gasteiger partial charge in [-0.05, 0) is 53.6 Å². The molecule has 3 heterocycles. The number of pyridine rings is 1. The van der Waals surface area contributed by atoms with Crippen LogP contribution in [0.2, 0.25) is 0 Å². The number of carbonyl (C=O) groups is 2. The van der Waals surface area contributed by atoms with Gasteiger partial charge in [0.15, 0.2) is 17.6 Å². The molecule has 12 heteroatoms. The van der Waals surface area contributed by atoms with Crippen LogP contribution in [0, 0.1) is 0 Å². The highest BCUT2D eigenvalue weighted by molar-refractivity contribution is 7.98. The standard InChI is InChI=1S/C35H34N6O5S/c1-44-30-11-7-26(8-12-30)24-47-35-39-38-33(41(35)22-25-5-3-2-4-6-25)27-9-13-31(14-10-27)46-23-32(42)37-29-19-28(20-36-21-29)34(43)40-15-17-45-18-16-40/h2-14,19-21H,15-18,22-24H2,1H3,(H,37,42). The third-order valence-corrected chi connectivity index (χ3v) is 8.51. The van der Waals surface area contributed by atoms with E-state index in [1.807, 2.05) is 54.6 Å². The summed E-state index contributed by atoms with van der Waals surface area (Å²) in [6, 6.07) is 27.2. The maximum absolute atomic E-state index is 12.8. The highest BCUT2D eigenvalue weighted by Crippen LogP contribution is 2.29. The number of aromatic nitrogens is 4. The molecule has 47 heavy (non-hydrogen) atoms. The number of rotatable bonds is 12. The summed E-state index contributed by atoms with van der Waals surface area (Å²) < 4.78 is 18.5. The molecule has 1 aliphatic rings. The Kier molecular flexibility index (Phi) is 10.4. The first-order valence-electron chi connectivity index (χ1n) is 15.1. The topological polar surface area (TPSA) is 121 Å². The van der Waals surface area contributed by atoms with Crippen molar-refractivity contribution in [3.05, 3.63) is 114 Å². The molecule has 1 aliphatic heterocycles. The minimum absolute atomic E-state index is 0.143. The van der Waals surface area contributed by atoms with Gasteiger partial charge in [0, 0.05) is 30.6 Å². The summed E-state index contributed by atoms with van der Waals surface area (Å²) in [4.78, 5) is 31.3. The van der Waals surface area contributed by atoms with Gasteiger partial charge in [0.25, 0.3) is 11.8 Å². The van der Waals surface area contributed by atoms with Crippen molar-refractivity contribution in [2.24, 2.45) is 0 Å². The van der Waals surface area contributed by atoms with Crippen molar-refractivity contribution in [2.75, 3.05) is 45.3 Å². The van der Waals surface area contributed by atoms with Gasteiger partial charge in [-0.25, -0.2) is 0 Å². The van der Waals surface area contributed by atoms with E-state index in [4.69, 9.17) is 14.2 Å². The van der Waals surface area contributed by atoms with E-state index >= 15 is 0 Å². The van der Waals surface area contributed by atoms with Gasteiger partial charge in [0.05, 0.1) is 44.3 Å². The first-order chi connectivity index (χ1) is 23.1. The third-order valence-electron chi connectivity index (χ3n) is 7.48. The van der Waals surface area contributed by atoms with Crippen LogP contribution in [0.4, 0.5) is 5.69 Å². The zero-order valence-electron chi connectivity index (χ0n) is 25.9. The van der Waals surface area contributed by atoms with E-state index < -0.39 is 0 Å². The predicted molar refractivity (Wildman–Crippen MR) is 179 cm³/mol. The molecule has 0 bridgehead atoms. The van der Waals surface area contributed by atoms with Gasteiger partial charge in [-0.3, -0.25) is 19.1 Å². The van der Waals surface area contributed by atoms with E-state index in [9.17, 15) is 9.59 Å². The molecule has 0 spiro atoms. The summed E-state index contributed by atoms with van der Waals surface area (Å²) in [5.41, 5.74) is 3.99. The van der Waals surface area contributed by atoms with Gasteiger partial charge in [0.2, 0.25) is 0 Å². The monoisotopic (exact) mass is 650 g/mol. The maximum Gasteiger partial charge on any atom is 0.262 e. The average Bonchev–Trinajstić information content (AvgIpc) is 3.52. The summed E-state index contributed by atoms with van der Waals surface area (Å²) in [5, 5.41) is 12.7. The minimum Gasteiger partial charge on any atom is -0.497 e. The van der Waals surface area contributed by atoms with Gasteiger partial charge < -0.3 is 24.4 Å². The van der Waals surface area contributed by atoms with E-state index in [-0.39, 0.29) is 18.4 Å². The summed E-state index contributed by atoms with van der Waals surface area (Å²) in [6.07, 6.45) is 2.99. The van der Waals surface area contributed by atoms with E-state index in [0.717, 1.165) is 39.2 Å². The molecule has 0 radical (unpaired) electrons. The van der Waals surface area contributed by atoms with Crippen molar-refractivity contribution in [1.29, 1.82) is 0 Å². The third kappa shape index (κ3) is 8.34. The summed E-state index contributed by atoms with van der Waals surface area (Å²) in [7, 11) is 1.66. The first kappa shape index (κ1) is 31.8. The quantitative estimate of drug-likeness (QED) is 0.182. The molecule has 0 aliphatic carbocycles. The van der Waals surface area contributed by atoms with Crippen LogP contribution in [0.25, 0.3) is 11.4 Å². The van der Waals surface area contributed by atoms with E-state index in [1.165, 1.54) is 12.4 Å². The lowest BCUT2D eigenvalue weighted by molar-refractivity contribution is -0.118. The van der Waals surface area contributed by atoms with Gasteiger partial charge in [-0.15, -0.1) is 10.2 Å². The van der Waals surface area contributed by atoms with Crippen molar-refractivity contribution in [1.82, 2.24) is 24.6 Å². The zero-order valence-corrected chi connectivity index (χ0v) is 26.7. The van der Waals surface area contributed by atoms with Gasteiger partial charge in [-0.2, -0.15) is 0 Å². The largest absolute Gasteiger partial charge is 0.497 e. The molecule has 1 saturated heterocycles. The number of nitrogens with one attached hydrogen (secondary N) is 1. The SMILES string of the molecule is COc1ccc(CSc2nnc(-c3ccc(OCC(=O)Nc4cncc(C(=O)N5CCOCC5)c4)cc3)n2Cc2ccccc2)cc1. The number of thioether (sulfide) groups is 1. The van der Waals surface area contributed by atoms with E-state index in [0.29, 0.717) is 49.8 Å². The van der Waals surface area contributed by atoms with Crippen molar-refractivity contribution in [3.63, 3.8) is 0 Å². The molecule has 0 atom stereocenters. The summed E-state index contributed by atoms with van der Waals surface area (Å²) >= 11 is 1.62. The molecular weight excluding hydrogens is 616 g/mol. The molecule has 2 aromatic heterocycles. The zero-order chi connectivity index (χ0) is 32.4. The number of carbonyl (C=O) groups excluding carboxylic acids is 2. The fraction of sp³-hybridized carbons (Fsp3) is 0.229. The van der Waals surface area contributed by atoms with Crippen LogP contribution in [0.1, 0.15) is 21.5 Å². The van der Waals surface area contributed by atoms with Gasteiger partial charge in [-0.1, -0.05) is 54.2 Å². The van der Waals surface area contributed by atoms with Crippen molar-refractivity contribution >= 4 is 29.3 Å². The molecule has 5 aromatic rings. The molecule has 1 fully saturated rings. The van der Waals surface area contributed by atoms with Gasteiger partial charge >= 0.3 is 0 Å². The molecule has 3 aromatic carbocycles. The lowest BCUT2D eigenvalue weighted by Gasteiger charge is -2.26. The van der Waals surface area contributed by atoms with Crippen LogP contribution in [0.5, 0.6) is 11.5 Å². The van der Waals surface area contributed by atoms with Crippen LogP contribution in [-0.4, -0.2) is 76.5 Å². The molecule has 1 N–H and O–H groups in total. The molecular formula is C35H34N6O5S. The maximum atomic E-state index is 12.8. The number of methoxy groups -OCH3 is 1. The Morgan fingerprint density at radius 1 is 0.894 bits per heavy atom. The van der Waals surface area contributed by atoms with Crippen LogP contribution in [0.15, 0.2) is 102 Å². The lowest BCUT2D eigenvalue weighted by Crippen LogP contribution is -2.40. The number of hydrogen-bond donors (Lipinski definition) is 1. The Morgan fingerprint density at radius 2 is 1.64 bits per heavy atom. The predicted octanol–water partition coefficient (Wildman–Crippen LogP) is 5.18. The highest BCUT2D eigenvalue weighted by atomic mass is 32.2. The van der Waals surface area contributed by atoms with E-state index in [1.54, 1.807) is 42.0 Å². The summed E-state index contributed by atoms with van der Waals surface area (Å²) in [6.45, 7) is 2.47. The summed E-state index contributed by atoms with van der Waals surface area (Å²) in [5.74, 6) is 2.30. The van der Waals surface area contributed by atoms with E-state index in [2.05, 4.69) is 37.2 Å². The molecule has 2 amide bonds. The number of nitrogens with zero attached hydrogens (tertiary/aromatic N) is 5. The second-order valence-electron chi connectivity index (χ2n) is 10.7. The second kappa shape index (κ2) is 15.4. The normalized spacial score (nSPS) is 12.8. The molecule has 11 nitrogen and oxygen atoms in total. The van der Waals surface area contributed by atoms with Crippen LogP contribution >= 0.6 is 11.8 Å². The fourth-order valence-electron chi connectivity index (χ4n) is 5.01. The molecule has 0 unspecified atom stereocenters. The highest BCUT2D eigenvalue weighted by Gasteiger charge is 2.20. The Balaban J connectivity index is 1.09. The van der Waals surface area contributed by atoms with Crippen molar-refractivity contribution in [2.45, 2.75) is 17.5 Å². The fourth-order valence-corrected chi connectivity index (χ4v) is 5.90. The Bertz CT molecular complexity index is 1790. The van der Waals surface area contributed by atoms with Crippen molar-refractivity contribution in [3.8, 4) is 22.9 Å². The number of benzene rings is 3.